The molecule has 8 nitrogen and oxygen atoms in total. The van der Waals surface area contributed by atoms with Crippen molar-refractivity contribution in [1.29, 1.82) is 0 Å². The summed E-state index contributed by atoms with van der Waals surface area (Å²) < 4.78 is 9.25. The van der Waals surface area contributed by atoms with E-state index in [-0.39, 0.29) is 17.2 Å². The van der Waals surface area contributed by atoms with E-state index in [0.29, 0.717) is 12.6 Å². The molecule has 1 unspecified atom stereocenters. The Kier molecular flexibility index (Phi) is 5.27. The summed E-state index contributed by atoms with van der Waals surface area (Å²) in [5.74, 6) is 0.935. The first-order chi connectivity index (χ1) is 16.2. The van der Waals surface area contributed by atoms with Crippen LogP contribution in [0.15, 0.2) is 46.1 Å². The van der Waals surface area contributed by atoms with E-state index < -0.39 is 0 Å². The number of hydrogen-bond donors (Lipinski definition) is 1. The first-order valence-corrected chi connectivity index (χ1v) is 12.0. The smallest absolute Gasteiger partial charge is 0.252 e. The van der Waals surface area contributed by atoms with Crippen molar-refractivity contribution in [2.24, 2.45) is 0 Å². The zero-order chi connectivity index (χ0) is 22.4. The van der Waals surface area contributed by atoms with Gasteiger partial charge in [0.25, 0.3) is 11.1 Å². The van der Waals surface area contributed by atoms with Gasteiger partial charge >= 0.3 is 0 Å². The van der Waals surface area contributed by atoms with Gasteiger partial charge in [-0.15, -0.1) is 0 Å². The summed E-state index contributed by atoms with van der Waals surface area (Å²) in [6.07, 6.45) is 6.13. The third-order valence-corrected chi connectivity index (χ3v) is 7.30. The van der Waals surface area contributed by atoms with Crippen LogP contribution in [0.25, 0.3) is 11.0 Å². The Labute approximate surface area is 191 Å². The maximum Gasteiger partial charge on any atom is 0.252 e. The van der Waals surface area contributed by atoms with Gasteiger partial charge in [0.2, 0.25) is 0 Å². The molecule has 3 aliphatic heterocycles. The van der Waals surface area contributed by atoms with Crippen molar-refractivity contribution in [2.45, 2.75) is 50.9 Å². The molecule has 0 bridgehead atoms. The minimum absolute atomic E-state index is 0.00252. The third-order valence-electron chi connectivity index (χ3n) is 7.30. The molecular weight excluding hydrogens is 418 g/mol. The van der Waals surface area contributed by atoms with Crippen LogP contribution in [0.2, 0.25) is 0 Å². The van der Waals surface area contributed by atoms with E-state index in [2.05, 4.69) is 21.3 Å². The van der Waals surface area contributed by atoms with Gasteiger partial charge in [-0.05, 0) is 62.5 Å². The molecule has 8 heteroatoms. The Morgan fingerprint density at radius 2 is 1.91 bits per heavy atom. The fraction of sp³-hybridized carbons (Fsp3) is 0.480. The lowest BCUT2D eigenvalue weighted by molar-refractivity contribution is 0.171. The number of aryl methyl sites for hydroxylation is 1. The summed E-state index contributed by atoms with van der Waals surface area (Å²) in [7, 11) is 0. The van der Waals surface area contributed by atoms with Gasteiger partial charge in [0, 0.05) is 43.2 Å². The zero-order valence-electron chi connectivity index (χ0n) is 18.7. The maximum atomic E-state index is 12.6. The number of pyridine rings is 3. The quantitative estimate of drug-likeness (QED) is 0.641. The lowest BCUT2D eigenvalue weighted by Gasteiger charge is -2.34. The fourth-order valence-corrected chi connectivity index (χ4v) is 5.56. The van der Waals surface area contributed by atoms with E-state index in [1.807, 2.05) is 22.9 Å². The van der Waals surface area contributed by atoms with Crippen LogP contribution in [0.3, 0.4) is 0 Å². The van der Waals surface area contributed by atoms with Gasteiger partial charge in [-0.2, -0.15) is 0 Å². The first kappa shape index (κ1) is 20.6. The van der Waals surface area contributed by atoms with Crippen LogP contribution >= 0.6 is 0 Å². The predicted octanol–water partition coefficient (Wildman–Crippen LogP) is 1.69. The Morgan fingerprint density at radius 3 is 2.76 bits per heavy atom. The lowest BCUT2D eigenvalue weighted by atomic mass is 10.0. The van der Waals surface area contributed by atoms with Crippen LogP contribution in [0.5, 0.6) is 5.75 Å². The van der Waals surface area contributed by atoms with Crippen LogP contribution in [0, 0.1) is 0 Å². The van der Waals surface area contributed by atoms with Gasteiger partial charge < -0.3 is 15.0 Å². The van der Waals surface area contributed by atoms with Crippen LogP contribution in [-0.2, 0) is 19.5 Å². The molecule has 0 saturated carbocycles. The molecule has 6 heterocycles. The number of rotatable bonds is 5. The Hall–Kier alpha value is -2.97. The van der Waals surface area contributed by atoms with Gasteiger partial charge in [0.1, 0.15) is 11.4 Å². The fourth-order valence-electron chi connectivity index (χ4n) is 5.56. The molecule has 33 heavy (non-hydrogen) atoms. The second-order valence-electron chi connectivity index (χ2n) is 9.45. The van der Waals surface area contributed by atoms with Crippen molar-refractivity contribution in [1.82, 2.24) is 24.3 Å². The molecule has 1 N–H and O–H groups in total. The number of fused-ring (bicyclic) bond motifs is 1. The van der Waals surface area contributed by atoms with E-state index in [4.69, 9.17) is 4.74 Å². The van der Waals surface area contributed by atoms with Gasteiger partial charge in [-0.3, -0.25) is 23.7 Å². The minimum atomic E-state index is -0.0328. The van der Waals surface area contributed by atoms with Crippen molar-refractivity contribution in [2.75, 3.05) is 26.2 Å². The molecule has 0 amide bonds. The Balaban J connectivity index is 1.06. The minimum Gasteiger partial charge on any atom is -0.492 e. The Morgan fingerprint density at radius 1 is 1.09 bits per heavy atom. The summed E-state index contributed by atoms with van der Waals surface area (Å²) in [5, 5.41) is 4.62. The van der Waals surface area contributed by atoms with Crippen LogP contribution in [0.1, 0.15) is 36.6 Å². The summed E-state index contributed by atoms with van der Waals surface area (Å²) in [6.45, 7) is 4.89. The molecule has 1 atom stereocenters. The predicted molar refractivity (Wildman–Crippen MR) is 126 cm³/mol. The molecule has 0 aromatic carbocycles. The van der Waals surface area contributed by atoms with Crippen LogP contribution < -0.4 is 21.2 Å². The standard InChI is InChI=1S/C25H29N5O3/c31-23-5-3-17-4-6-24(32)30-21(16-29(23)25(17)30)15-28-9-7-19(8-10-28)26-13-20-12-18-2-1-11-33-22(18)14-27-20/h3-6,12,14,19,21,26H,1-2,7-11,13,15-16H2. The summed E-state index contributed by atoms with van der Waals surface area (Å²) in [4.78, 5) is 32.0. The van der Waals surface area contributed by atoms with Gasteiger partial charge in [0.15, 0.2) is 0 Å². The highest BCUT2D eigenvalue weighted by atomic mass is 16.5. The molecular formula is C25H29N5O3. The highest BCUT2D eigenvalue weighted by Crippen LogP contribution is 2.26. The number of aromatic nitrogens is 3. The largest absolute Gasteiger partial charge is 0.492 e. The summed E-state index contributed by atoms with van der Waals surface area (Å²) >= 11 is 0. The van der Waals surface area contributed by atoms with Crippen LogP contribution in [-0.4, -0.2) is 51.3 Å². The topological polar surface area (TPSA) is 81.4 Å². The highest BCUT2D eigenvalue weighted by Gasteiger charge is 2.29. The number of likely N-dealkylation sites (tertiary alicyclic amines) is 1. The second-order valence-corrected chi connectivity index (χ2v) is 9.45. The van der Waals surface area contributed by atoms with E-state index in [1.54, 1.807) is 16.7 Å². The normalized spacial score (nSPS) is 20.7. The molecule has 3 aromatic rings. The first-order valence-electron chi connectivity index (χ1n) is 12.0. The molecule has 0 radical (unpaired) electrons. The average molecular weight is 448 g/mol. The van der Waals surface area contributed by atoms with Crippen LogP contribution in [0.4, 0.5) is 0 Å². The summed E-state index contributed by atoms with van der Waals surface area (Å²) in [5.41, 5.74) is 3.05. The van der Waals surface area contributed by atoms with Gasteiger partial charge in [-0.1, -0.05) is 0 Å². The molecule has 172 valence electrons. The molecule has 1 saturated heterocycles. The number of nitrogens with zero attached hydrogens (tertiary/aromatic N) is 4. The van der Waals surface area contributed by atoms with Gasteiger partial charge in [-0.25, -0.2) is 0 Å². The number of piperidine rings is 1. The highest BCUT2D eigenvalue weighted by molar-refractivity contribution is 5.76. The Bertz CT molecular complexity index is 1300. The van der Waals surface area contributed by atoms with E-state index in [9.17, 15) is 9.59 Å². The number of ether oxygens (including phenoxy) is 1. The van der Waals surface area contributed by atoms with Crippen molar-refractivity contribution < 1.29 is 4.74 Å². The zero-order valence-corrected chi connectivity index (χ0v) is 18.7. The lowest BCUT2D eigenvalue weighted by Crippen LogP contribution is -2.44. The van der Waals surface area contributed by atoms with Gasteiger partial charge in [0.05, 0.1) is 24.5 Å². The van der Waals surface area contributed by atoms with Crippen molar-refractivity contribution in [3.8, 4) is 5.75 Å². The van der Waals surface area contributed by atoms with E-state index >= 15 is 0 Å². The number of hydrogen-bond acceptors (Lipinski definition) is 6. The third kappa shape index (κ3) is 3.87. The van der Waals surface area contributed by atoms with Crippen molar-refractivity contribution in [3.63, 3.8) is 0 Å². The van der Waals surface area contributed by atoms with Crippen molar-refractivity contribution >= 4 is 11.0 Å². The maximum absolute atomic E-state index is 12.6. The molecule has 6 rings (SSSR count). The molecule has 0 spiro atoms. The monoisotopic (exact) mass is 447 g/mol. The number of nitrogens with one attached hydrogen (secondary N) is 1. The second kappa shape index (κ2) is 8.43. The van der Waals surface area contributed by atoms with E-state index in [0.717, 1.165) is 80.9 Å². The van der Waals surface area contributed by atoms with E-state index in [1.165, 1.54) is 5.56 Å². The average Bonchev–Trinajstić information content (AvgIpc) is 3.23. The molecule has 3 aromatic heterocycles. The summed E-state index contributed by atoms with van der Waals surface area (Å²) in [6, 6.07) is 9.48. The molecule has 3 aliphatic rings. The molecule has 1 fully saturated rings. The molecule has 0 aliphatic carbocycles. The van der Waals surface area contributed by atoms with Crippen molar-refractivity contribution in [3.05, 3.63) is 68.5 Å². The SMILES string of the molecule is O=c1ccc2ccc(=O)n3c2n1CC3CN1CCC(NCc2cc3c(cn2)OCCC3)CC1.